The zero-order valence-corrected chi connectivity index (χ0v) is 14.7. The summed E-state index contributed by atoms with van der Waals surface area (Å²) < 4.78 is 0. The first-order chi connectivity index (χ1) is 10.0. The number of nitrogen functional groups attached to an aromatic ring is 1. The molecule has 2 rings (SSSR count). The number of nitrogens with two attached hydrogens (primary N) is 2. The lowest BCUT2D eigenvalue weighted by Gasteiger charge is -2.10. The molecule has 0 aromatic heterocycles. The number of benzene rings is 1. The Hall–Kier alpha value is -1.79. The van der Waals surface area contributed by atoms with Gasteiger partial charge >= 0.3 is 0 Å². The van der Waals surface area contributed by atoms with Crippen LogP contribution in [-0.2, 0) is 6.42 Å². The zero-order valence-electron chi connectivity index (χ0n) is 13.1. The Kier molecular flexibility index (Phi) is 8.64. The van der Waals surface area contributed by atoms with Gasteiger partial charge in [-0.1, -0.05) is 38.0 Å². The van der Waals surface area contributed by atoms with Crippen LogP contribution in [0.25, 0.3) is 0 Å². The van der Waals surface area contributed by atoms with E-state index in [9.17, 15) is 0 Å². The molecular weight excluding hydrogens is 335 g/mol. The molecule has 1 unspecified atom stereocenters. The highest BCUT2D eigenvalue weighted by Crippen LogP contribution is 2.32. The number of hydrogen-bond donors (Lipinski definition) is 5. The summed E-state index contributed by atoms with van der Waals surface area (Å²) in [7, 11) is 0. The van der Waals surface area contributed by atoms with Gasteiger partial charge in [-0.15, -0.1) is 24.8 Å². The van der Waals surface area contributed by atoms with Crippen LogP contribution in [0.3, 0.4) is 0 Å². The highest BCUT2D eigenvalue weighted by molar-refractivity contribution is 6.10. The van der Waals surface area contributed by atoms with Gasteiger partial charge in [0.05, 0.1) is 5.71 Å². The number of hydrazone groups is 1. The maximum absolute atomic E-state index is 7.71. The van der Waals surface area contributed by atoms with Crippen molar-refractivity contribution in [3.8, 4) is 0 Å². The van der Waals surface area contributed by atoms with E-state index in [2.05, 4.69) is 17.5 Å². The number of guanidine groups is 1. The van der Waals surface area contributed by atoms with Gasteiger partial charge in [-0.05, 0) is 18.4 Å². The third-order valence-electron chi connectivity index (χ3n) is 3.78. The van der Waals surface area contributed by atoms with Crippen LogP contribution in [0.4, 0.5) is 0 Å². The van der Waals surface area contributed by atoms with Gasteiger partial charge in [0.15, 0.2) is 0 Å². The Morgan fingerprint density at radius 2 is 2.00 bits per heavy atom. The van der Waals surface area contributed by atoms with Crippen LogP contribution in [0.2, 0.25) is 0 Å². The maximum atomic E-state index is 7.71. The third kappa shape index (κ3) is 4.84. The van der Waals surface area contributed by atoms with Crippen molar-refractivity contribution < 1.29 is 0 Å². The van der Waals surface area contributed by atoms with Crippen molar-refractivity contribution in [1.29, 1.82) is 10.8 Å². The number of halogens is 2. The SMILES string of the molecule is CCCCC1Cc2c(C(=N)N)cccc2C1=NNC(=N)N.Cl.Cl. The molecule has 0 heterocycles. The van der Waals surface area contributed by atoms with Crippen molar-refractivity contribution >= 4 is 42.3 Å². The van der Waals surface area contributed by atoms with Crippen LogP contribution in [0.15, 0.2) is 23.3 Å². The van der Waals surface area contributed by atoms with E-state index in [0.717, 1.165) is 48.1 Å². The Balaban J connectivity index is 0.00000242. The summed E-state index contributed by atoms with van der Waals surface area (Å²) in [4.78, 5) is 0. The molecule has 1 aliphatic rings. The first kappa shape index (κ1) is 21.2. The minimum Gasteiger partial charge on any atom is -0.384 e. The van der Waals surface area contributed by atoms with Crippen LogP contribution in [0.5, 0.6) is 0 Å². The van der Waals surface area contributed by atoms with Gasteiger partial charge in [0, 0.05) is 17.0 Å². The normalized spacial score (nSPS) is 16.9. The number of nitrogens with one attached hydrogen (secondary N) is 3. The molecule has 128 valence electrons. The molecule has 0 amide bonds. The monoisotopic (exact) mass is 358 g/mol. The number of amidine groups is 1. The summed E-state index contributed by atoms with van der Waals surface area (Å²) in [6.07, 6.45) is 4.11. The fourth-order valence-corrected chi connectivity index (χ4v) is 2.82. The van der Waals surface area contributed by atoms with E-state index in [1.54, 1.807) is 0 Å². The molecule has 1 aromatic rings. The number of fused-ring (bicyclic) bond motifs is 1. The van der Waals surface area contributed by atoms with Crippen molar-refractivity contribution in [3.05, 3.63) is 34.9 Å². The molecule has 0 saturated heterocycles. The Labute approximate surface area is 148 Å². The van der Waals surface area contributed by atoms with Crippen LogP contribution in [0.1, 0.15) is 42.9 Å². The fourth-order valence-electron chi connectivity index (χ4n) is 2.82. The molecule has 8 heteroatoms. The zero-order chi connectivity index (χ0) is 15.4. The summed E-state index contributed by atoms with van der Waals surface area (Å²) in [6.45, 7) is 2.16. The van der Waals surface area contributed by atoms with E-state index in [-0.39, 0.29) is 42.5 Å². The average molecular weight is 359 g/mol. The third-order valence-corrected chi connectivity index (χ3v) is 3.78. The number of hydrogen-bond acceptors (Lipinski definition) is 3. The minimum atomic E-state index is -0.173. The molecule has 0 aliphatic heterocycles. The lowest BCUT2D eigenvalue weighted by molar-refractivity contribution is 0.591. The number of nitrogens with zero attached hydrogens (tertiary/aromatic N) is 1. The van der Waals surface area contributed by atoms with Crippen molar-refractivity contribution in [2.24, 2.45) is 22.5 Å². The highest BCUT2D eigenvalue weighted by Gasteiger charge is 2.30. The molecule has 0 fully saturated rings. The Morgan fingerprint density at radius 1 is 1.30 bits per heavy atom. The van der Waals surface area contributed by atoms with Crippen LogP contribution < -0.4 is 16.9 Å². The summed E-state index contributed by atoms with van der Waals surface area (Å²) >= 11 is 0. The van der Waals surface area contributed by atoms with E-state index < -0.39 is 0 Å². The van der Waals surface area contributed by atoms with Gasteiger partial charge in [-0.2, -0.15) is 5.10 Å². The van der Waals surface area contributed by atoms with Crippen molar-refractivity contribution in [2.75, 3.05) is 0 Å². The topological polar surface area (TPSA) is 124 Å². The van der Waals surface area contributed by atoms with E-state index in [0.29, 0.717) is 0 Å². The van der Waals surface area contributed by atoms with Crippen LogP contribution in [-0.4, -0.2) is 17.5 Å². The molecule has 0 bridgehead atoms. The highest BCUT2D eigenvalue weighted by atomic mass is 35.5. The first-order valence-corrected chi connectivity index (χ1v) is 7.18. The molecule has 0 radical (unpaired) electrons. The summed E-state index contributed by atoms with van der Waals surface area (Å²) in [5, 5.41) is 19.3. The molecule has 1 aliphatic carbocycles. The van der Waals surface area contributed by atoms with Gasteiger partial charge in [0.2, 0.25) is 5.96 Å². The summed E-state index contributed by atoms with van der Waals surface area (Å²) in [6, 6.07) is 5.76. The first-order valence-electron chi connectivity index (χ1n) is 7.18. The molecule has 0 saturated carbocycles. The quantitative estimate of drug-likeness (QED) is 0.315. The summed E-state index contributed by atoms with van der Waals surface area (Å²) in [5.41, 5.74) is 17.3. The van der Waals surface area contributed by atoms with Gasteiger partial charge in [0.25, 0.3) is 0 Å². The lowest BCUT2D eigenvalue weighted by Crippen LogP contribution is -2.28. The summed E-state index contributed by atoms with van der Waals surface area (Å²) in [5.74, 6) is 0.196. The predicted octanol–water partition coefficient (Wildman–Crippen LogP) is 2.36. The minimum absolute atomic E-state index is 0. The molecule has 6 nitrogen and oxygen atoms in total. The van der Waals surface area contributed by atoms with Gasteiger partial charge in [-0.25, -0.2) is 5.43 Å². The molecule has 23 heavy (non-hydrogen) atoms. The Bertz CT molecular complexity index is 600. The smallest absolute Gasteiger partial charge is 0.206 e. The second-order valence-corrected chi connectivity index (χ2v) is 5.31. The van der Waals surface area contributed by atoms with E-state index in [1.807, 2.05) is 18.2 Å². The van der Waals surface area contributed by atoms with Crippen molar-refractivity contribution in [2.45, 2.75) is 32.6 Å². The van der Waals surface area contributed by atoms with Gasteiger partial charge in [-0.3, -0.25) is 10.8 Å². The molecule has 1 aromatic carbocycles. The molecular formula is C15H24Cl2N6. The van der Waals surface area contributed by atoms with Gasteiger partial charge < -0.3 is 11.5 Å². The fraction of sp³-hybridized carbons (Fsp3) is 0.400. The van der Waals surface area contributed by atoms with Crippen molar-refractivity contribution in [3.63, 3.8) is 0 Å². The standard InChI is InChI=1S/C15H22N6.2ClH/c1-2-3-5-9-8-12-10(13(9)20-21-15(18)19)6-4-7-11(12)14(16)17;;/h4,6-7,9H,2-3,5,8H2,1H3,(H3,16,17)(H4,18,19,21);2*1H. The largest absolute Gasteiger partial charge is 0.384 e. The predicted molar refractivity (Wildman–Crippen MR) is 100 cm³/mol. The van der Waals surface area contributed by atoms with E-state index in [1.165, 1.54) is 0 Å². The van der Waals surface area contributed by atoms with E-state index >= 15 is 0 Å². The van der Waals surface area contributed by atoms with Crippen LogP contribution in [0, 0.1) is 16.7 Å². The molecule has 0 spiro atoms. The number of unbranched alkanes of at least 4 members (excludes halogenated alkanes) is 1. The van der Waals surface area contributed by atoms with Gasteiger partial charge in [0.1, 0.15) is 5.84 Å². The molecule has 7 N–H and O–H groups in total. The number of rotatable bonds is 5. The maximum Gasteiger partial charge on any atom is 0.206 e. The van der Waals surface area contributed by atoms with Crippen molar-refractivity contribution in [1.82, 2.24) is 5.43 Å². The Morgan fingerprint density at radius 3 is 2.57 bits per heavy atom. The second-order valence-electron chi connectivity index (χ2n) is 5.31. The molecule has 1 atom stereocenters. The lowest BCUT2D eigenvalue weighted by atomic mass is 9.97. The van der Waals surface area contributed by atoms with E-state index in [4.69, 9.17) is 22.3 Å². The average Bonchev–Trinajstić information content (AvgIpc) is 2.79. The second kappa shape index (κ2) is 9.37. The van der Waals surface area contributed by atoms with Crippen LogP contribution >= 0.6 is 24.8 Å².